The minimum atomic E-state index is 0.0218. The van der Waals surface area contributed by atoms with Crippen LogP contribution in [0.2, 0.25) is 0 Å². The van der Waals surface area contributed by atoms with Crippen LogP contribution in [0.4, 0.5) is 0 Å². The fourth-order valence-electron chi connectivity index (χ4n) is 3.38. The van der Waals surface area contributed by atoms with E-state index < -0.39 is 0 Å². The van der Waals surface area contributed by atoms with Gasteiger partial charge in [0.05, 0.1) is 13.7 Å². The molecule has 1 amide bonds. The molecule has 0 radical (unpaired) electrons. The van der Waals surface area contributed by atoms with Crippen molar-refractivity contribution in [2.75, 3.05) is 20.8 Å². The van der Waals surface area contributed by atoms with Crippen LogP contribution in [-0.2, 0) is 11.3 Å². The van der Waals surface area contributed by atoms with E-state index in [2.05, 4.69) is 18.2 Å². The Kier molecular flexibility index (Phi) is 11.2. The monoisotopic (exact) mass is 421 g/mol. The standard InChI is InChI=1S/C27H35NO3/c1-4-5-6-7-11-15-25(16-12-21-30-2)28(27(29)24-13-9-8-10-14-24)22-23-17-19-26(31-3)20-18-23/h4-5,8-10,13-14,16-20H,6-7,11-12,15,21-22H2,1-3H3/b5-4+,25-16+. The van der Waals surface area contributed by atoms with E-state index in [1.165, 1.54) is 0 Å². The number of carbonyl (C=O) groups excluding carboxylic acids is 1. The molecule has 0 saturated carbocycles. The Bertz CT molecular complexity index is 825. The number of hydrogen-bond acceptors (Lipinski definition) is 3. The largest absolute Gasteiger partial charge is 0.497 e. The van der Waals surface area contributed by atoms with Gasteiger partial charge in [-0.2, -0.15) is 0 Å². The predicted octanol–water partition coefficient (Wildman–Crippen LogP) is 6.39. The van der Waals surface area contributed by atoms with Crippen molar-refractivity contribution in [3.8, 4) is 5.75 Å². The zero-order chi connectivity index (χ0) is 22.3. The molecule has 4 nitrogen and oxygen atoms in total. The van der Waals surface area contributed by atoms with Gasteiger partial charge in [-0.3, -0.25) is 4.79 Å². The van der Waals surface area contributed by atoms with E-state index >= 15 is 0 Å². The minimum absolute atomic E-state index is 0.0218. The van der Waals surface area contributed by atoms with E-state index in [4.69, 9.17) is 9.47 Å². The van der Waals surface area contributed by atoms with Gasteiger partial charge in [-0.25, -0.2) is 0 Å². The Hall–Kier alpha value is -2.85. The smallest absolute Gasteiger partial charge is 0.258 e. The summed E-state index contributed by atoms with van der Waals surface area (Å²) in [6.07, 6.45) is 11.3. The van der Waals surface area contributed by atoms with Crippen molar-refractivity contribution in [2.45, 2.75) is 45.6 Å². The molecular weight excluding hydrogens is 386 g/mol. The predicted molar refractivity (Wildman–Crippen MR) is 127 cm³/mol. The Morgan fingerprint density at radius 1 is 0.968 bits per heavy atom. The molecule has 0 unspecified atom stereocenters. The second kappa shape index (κ2) is 14.2. The summed E-state index contributed by atoms with van der Waals surface area (Å²) < 4.78 is 10.5. The highest BCUT2D eigenvalue weighted by Gasteiger charge is 2.20. The second-order valence-electron chi connectivity index (χ2n) is 7.40. The Morgan fingerprint density at radius 2 is 1.71 bits per heavy atom. The average molecular weight is 422 g/mol. The Morgan fingerprint density at radius 3 is 2.35 bits per heavy atom. The quantitative estimate of drug-likeness (QED) is 0.278. The lowest BCUT2D eigenvalue weighted by Gasteiger charge is -2.27. The third-order valence-corrected chi connectivity index (χ3v) is 5.10. The molecule has 2 rings (SSSR count). The van der Waals surface area contributed by atoms with Crippen LogP contribution in [0.15, 0.2) is 78.5 Å². The number of allylic oxidation sites excluding steroid dienone is 3. The van der Waals surface area contributed by atoms with Crippen molar-refractivity contribution in [1.29, 1.82) is 0 Å². The molecule has 0 atom stereocenters. The van der Waals surface area contributed by atoms with E-state index in [0.29, 0.717) is 18.7 Å². The van der Waals surface area contributed by atoms with Gasteiger partial charge < -0.3 is 14.4 Å². The fourth-order valence-corrected chi connectivity index (χ4v) is 3.38. The first-order valence-electron chi connectivity index (χ1n) is 11.0. The van der Waals surface area contributed by atoms with Gasteiger partial charge in [-0.15, -0.1) is 0 Å². The van der Waals surface area contributed by atoms with E-state index in [9.17, 15) is 4.79 Å². The third kappa shape index (κ3) is 8.42. The Balaban J connectivity index is 2.28. The van der Waals surface area contributed by atoms with Gasteiger partial charge in [0.1, 0.15) is 5.75 Å². The lowest BCUT2D eigenvalue weighted by molar-refractivity contribution is 0.0789. The zero-order valence-corrected chi connectivity index (χ0v) is 19.0. The normalized spacial score (nSPS) is 11.6. The van der Waals surface area contributed by atoms with Crippen molar-refractivity contribution < 1.29 is 14.3 Å². The van der Waals surface area contributed by atoms with E-state index in [-0.39, 0.29) is 5.91 Å². The maximum atomic E-state index is 13.5. The third-order valence-electron chi connectivity index (χ3n) is 5.10. The van der Waals surface area contributed by atoms with Crippen molar-refractivity contribution in [2.24, 2.45) is 0 Å². The number of unbranched alkanes of at least 4 members (excludes halogenated alkanes) is 2. The van der Waals surface area contributed by atoms with E-state index in [1.54, 1.807) is 14.2 Å². The molecular formula is C27H35NO3. The van der Waals surface area contributed by atoms with Gasteiger partial charge in [-0.1, -0.05) is 48.6 Å². The van der Waals surface area contributed by atoms with Crippen LogP contribution in [0, 0.1) is 0 Å². The van der Waals surface area contributed by atoms with Crippen molar-refractivity contribution in [1.82, 2.24) is 4.90 Å². The second-order valence-corrected chi connectivity index (χ2v) is 7.40. The average Bonchev–Trinajstić information content (AvgIpc) is 2.82. The lowest BCUT2D eigenvalue weighted by atomic mass is 10.1. The first-order chi connectivity index (χ1) is 15.2. The molecule has 31 heavy (non-hydrogen) atoms. The highest BCUT2D eigenvalue weighted by atomic mass is 16.5. The Labute approximate surface area is 187 Å². The minimum Gasteiger partial charge on any atom is -0.497 e. The maximum absolute atomic E-state index is 13.5. The summed E-state index contributed by atoms with van der Waals surface area (Å²) in [4.78, 5) is 15.4. The number of rotatable bonds is 13. The van der Waals surface area contributed by atoms with Crippen LogP contribution in [0.1, 0.15) is 54.9 Å². The van der Waals surface area contributed by atoms with Crippen LogP contribution >= 0.6 is 0 Å². The molecule has 4 heteroatoms. The number of carbonyl (C=O) groups is 1. The van der Waals surface area contributed by atoms with Crippen LogP contribution in [0.25, 0.3) is 0 Å². The maximum Gasteiger partial charge on any atom is 0.258 e. The first-order valence-corrected chi connectivity index (χ1v) is 11.0. The number of methoxy groups -OCH3 is 2. The molecule has 0 N–H and O–H groups in total. The van der Waals surface area contributed by atoms with Crippen molar-refractivity contribution in [3.63, 3.8) is 0 Å². The molecule has 0 spiro atoms. The lowest BCUT2D eigenvalue weighted by Crippen LogP contribution is -2.30. The summed E-state index contributed by atoms with van der Waals surface area (Å²) in [7, 11) is 3.36. The highest BCUT2D eigenvalue weighted by molar-refractivity contribution is 5.95. The van der Waals surface area contributed by atoms with Gasteiger partial charge >= 0.3 is 0 Å². The molecule has 0 aliphatic rings. The number of nitrogens with zero attached hydrogens (tertiary/aromatic N) is 1. The van der Waals surface area contributed by atoms with Crippen LogP contribution in [0.3, 0.4) is 0 Å². The molecule has 0 aliphatic carbocycles. The van der Waals surface area contributed by atoms with E-state index in [0.717, 1.165) is 49.1 Å². The molecule has 2 aromatic rings. The number of ether oxygens (including phenoxy) is 2. The fraction of sp³-hybridized carbons (Fsp3) is 0.370. The summed E-state index contributed by atoms with van der Waals surface area (Å²) in [6.45, 7) is 3.20. The molecule has 0 aliphatic heterocycles. The van der Waals surface area contributed by atoms with Gasteiger partial charge in [-0.05, 0) is 68.9 Å². The van der Waals surface area contributed by atoms with Crippen molar-refractivity contribution >= 4 is 5.91 Å². The molecule has 0 bridgehead atoms. The molecule has 166 valence electrons. The van der Waals surface area contributed by atoms with Crippen molar-refractivity contribution in [3.05, 3.63) is 89.6 Å². The zero-order valence-electron chi connectivity index (χ0n) is 19.0. The topological polar surface area (TPSA) is 38.8 Å². The van der Waals surface area contributed by atoms with Gasteiger partial charge in [0.2, 0.25) is 0 Å². The number of benzene rings is 2. The van der Waals surface area contributed by atoms with Crippen LogP contribution in [-0.4, -0.2) is 31.6 Å². The van der Waals surface area contributed by atoms with E-state index in [1.807, 2.05) is 66.4 Å². The molecule has 2 aromatic carbocycles. The molecule has 0 fully saturated rings. The molecule has 0 aromatic heterocycles. The van der Waals surface area contributed by atoms with Gasteiger partial charge in [0, 0.05) is 25.0 Å². The first kappa shape index (κ1) is 24.4. The summed E-state index contributed by atoms with van der Waals surface area (Å²) in [6, 6.07) is 17.4. The summed E-state index contributed by atoms with van der Waals surface area (Å²) in [5.74, 6) is 0.832. The van der Waals surface area contributed by atoms with Crippen LogP contribution < -0.4 is 4.74 Å². The summed E-state index contributed by atoms with van der Waals surface area (Å²) in [5.41, 5.74) is 2.82. The van der Waals surface area contributed by atoms with Crippen LogP contribution in [0.5, 0.6) is 5.75 Å². The van der Waals surface area contributed by atoms with Gasteiger partial charge in [0.15, 0.2) is 0 Å². The SMILES string of the molecule is C/C=C/CCCC/C(=C\CCOC)N(Cc1ccc(OC)cc1)C(=O)c1ccccc1. The van der Waals surface area contributed by atoms with Gasteiger partial charge in [0.25, 0.3) is 5.91 Å². The number of hydrogen-bond donors (Lipinski definition) is 0. The summed E-state index contributed by atoms with van der Waals surface area (Å²) in [5, 5.41) is 0. The number of amides is 1. The summed E-state index contributed by atoms with van der Waals surface area (Å²) >= 11 is 0. The molecule has 0 heterocycles. The molecule has 0 saturated heterocycles. The highest BCUT2D eigenvalue weighted by Crippen LogP contribution is 2.22.